The van der Waals surface area contributed by atoms with E-state index in [2.05, 4.69) is 25.8 Å². The van der Waals surface area contributed by atoms with Gasteiger partial charge in [0.2, 0.25) is 11.8 Å². The number of carbonyl (C=O) groups is 3. The van der Waals surface area contributed by atoms with Gasteiger partial charge in [0.15, 0.2) is 11.6 Å². The SMILES string of the molecule is CC(=O)Nc1cc([C@@H](C)CC(=O)c2ncnc3c2CCC(=O)N3)on1. The number of carbonyl (C=O) groups excluding carboxylic acids is 3. The van der Waals surface area contributed by atoms with Crippen molar-refractivity contribution < 1.29 is 18.9 Å². The molecule has 130 valence electrons. The van der Waals surface area contributed by atoms with Gasteiger partial charge in [-0.05, 0) is 6.42 Å². The molecule has 2 aromatic heterocycles. The van der Waals surface area contributed by atoms with Gasteiger partial charge in [0.05, 0.1) is 0 Å². The predicted octanol–water partition coefficient (Wildman–Crippen LogP) is 1.68. The van der Waals surface area contributed by atoms with E-state index in [4.69, 9.17) is 4.52 Å². The highest BCUT2D eigenvalue weighted by Gasteiger charge is 2.25. The van der Waals surface area contributed by atoms with Crippen molar-refractivity contribution in [3.63, 3.8) is 0 Å². The minimum atomic E-state index is -0.252. The number of nitrogens with one attached hydrogen (secondary N) is 2. The molecule has 0 spiro atoms. The smallest absolute Gasteiger partial charge is 0.225 e. The normalized spacial score (nSPS) is 14.4. The second-order valence-electron chi connectivity index (χ2n) is 5.92. The van der Waals surface area contributed by atoms with Gasteiger partial charge in [-0.3, -0.25) is 14.4 Å². The van der Waals surface area contributed by atoms with Gasteiger partial charge in [-0.2, -0.15) is 0 Å². The van der Waals surface area contributed by atoms with Gasteiger partial charge in [0.1, 0.15) is 23.6 Å². The Bertz CT molecular complexity index is 845. The quantitative estimate of drug-likeness (QED) is 0.791. The molecule has 0 fully saturated rings. The summed E-state index contributed by atoms with van der Waals surface area (Å²) in [4.78, 5) is 43.2. The number of aromatic nitrogens is 3. The van der Waals surface area contributed by atoms with Gasteiger partial charge in [-0.15, -0.1) is 0 Å². The predicted molar refractivity (Wildman–Crippen MR) is 87.2 cm³/mol. The lowest BCUT2D eigenvalue weighted by Crippen LogP contribution is -2.23. The molecule has 2 N–H and O–H groups in total. The van der Waals surface area contributed by atoms with Crippen molar-refractivity contribution in [2.24, 2.45) is 0 Å². The number of ketones is 1. The van der Waals surface area contributed by atoms with Crippen LogP contribution < -0.4 is 10.6 Å². The Morgan fingerprint density at radius 3 is 2.92 bits per heavy atom. The third-order valence-corrected chi connectivity index (χ3v) is 3.88. The molecule has 3 rings (SSSR count). The van der Waals surface area contributed by atoms with E-state index in [1.54, 1.807) is 6.07 Å². The minimum absolute atomic E-state index is 0.120. The zero-order valence-corrected chi connectivity index (χ0v) is 13.8. The van der Waals surface area contributed by atoms with Crippen LogP contribution >= 0.6 is 0 Å². The summed E-state index contributed by atoms with van der Waals surface area (Å²) in [6, 6.07) is 1.59. The number of Topliss-reactive ketones (excluding diaryl/α,β-unsaturated/α-hetero) is 1. The molecule has 0 radical (unpaired) electrons. The summed E-state index contributed by atoms with van der Waals surface area (Å²) in [5.74, 6) is 0.418. The summed E-state index contributed by atoms with van der Waals surface area (Å²) in [5, 5.41) is 8.92. The highest BCUT2D eigenvalue weighted by Crippen LogP contribution is 2.27. The van der Waals surface area contributed by atoms with Crippen molar-refractivity contribution >= 4 is 29.2 Å². The molecule has 2 aromatic rings. The summed E-state index contributed by atoms with van der Waals surface area (Å²) in [6.45, 7) is 3.20. The van der Waals surface area contributed by atoms with Gasteiger partial charge in [-0.25, -0.2) is 9.97 Å². The largest absolute Gasteiger partial charge is 0.359 e. The number of hydrogen-bond donors (Lipinski definition) is 2. The maximum atomic E-state index is 12.6. The van der Waals surface area contributed by atoms with Gasteiger partial charge >= 0.3 is 0 Å². The van der Waals surface area contributed by atoms with Crippen LogP contribution in [0.3, 0.4) is 0 Å². The molecule has 3 heterocycles. The molecule has 9 heteroatoms. The average Bonchev–Trinajstić information content (AvgIpc) is 3.01. The molecule has 1 aliphatic rings. The van der Waals surface area contributed by atoms with Gasteiger partial charge in [0, 0.05) is 37.3 Å². The molecule has 0 aromatic carbocycles. The van der Waals surface area contributed by atoms with Crippen LogP contribution in [0.5, 0.6) is 0 Å². The number of nitrogens with zero attached hydrogens (tertiary/aromatic N) is 3. The fourth-order valence-electron chi connectivity index (χ4n) is 2.67. The zero-order valence-electron chi connectivity index (χ0n) is 13.8. The van der Waals surface area contributed by atoms with E-state index in [0.29, 0.717) is 41.5 Å². The van der Waals surface area contributed by atoms with E-state index in [-0.39, 0.29) is 29.9 Å². The van der Waals surface area contributed by atoms with Gasteiger partial charge in [0.25, 0.3) is 0 Å². The van der Waals surface area contributed by atoms with Crippen LogP contribution in [0.1, 0.15) is 54.4 Å². The molecular formula is C16H17N5O4. The van der Waals surface area contributed by atoms with Crippen LogP contribution in [-0.4, -0.2) is 32.7 Å². The number of rotatable bonds is 5. The van der Waals surface area contributed by atoms with E-state index in [0.717, 1.165) is 0 Å². The van der Waals surface area contributed by atoms with Crippen molar-refractivity contribution in [1.82, 2.24) is 15.1 Å². The number of fused-ring (bicyclic) bond motifs is 1. The van der Waals surface area contributed by atoms with E-state index < -0.39 is 0 Å². The molecule has 2 amide bonds. The maximum Gasteiger partial charge on any atom is 0.225 e. The highest BCUT2D eigenvalue weighted by atomic mass is 16.5. The van der Waals surface area contributed by atoms with Crippen LogP contribution in [0.4, 0.5) is 11.6 Å². The van der Waals surface area contributed by atoms with Crippen LogP contribution in [0.25, 0.3) is 0 Å². The van der Waals surface area contributed by atoms with Crippen molar-refractivity contribution in [3.05, 3.63) is 29.4 Å². The fraction of sp³-hybridized carbons (Fsp3) is 0.375. The first-order valence-electron chi connectivity index (χ1n) is 7.85. The van der Waals surface area contributed by atoms with E-state index in [9.17, 15) is 14.4 Å². The molecule has 0 saturated carbocycles. The summed E-state index contributed by atoms with van der Waals surface area (Å²) < 4.78 is 5.18. The summed E-state index contributed by atoms with van der Waals surface area (Å²) in [5.41, 5.74) is 0.981. The molecule has 9 nitrogen and oxygen atoms in total. The maximum absolute atomic E-state index is 12.6. The molecule has 0 unspecified atom stereocenters. The Labute approximate surface area is 143 Å². The zero-order chi connectivity index (χ0) is 18.0. The van der Waals surface area contributed by atoms with Gasteiger partial charge in [-0.1, -0.05) is 12.1 Å². The average molecular weight is 343 g/mol. The van der Waals surface area contributed by atoms with Gasteiger partial charge < -0.3 is 15.2 Å². The van der Waals surface area contributed by atoms with Crippen LogP contribution in [-0.2, 0) is 16.0 Å². The lowest BCUT2D eigenvalue weighted by Gasteiger charge is -2.17. The molecule has 25 heavy (non-hydrogen) atoms. The van der Waals surface area contributed by atoms with Crippen molar-refractivity contribution in [1.29, 1.82) is 0 Å². The monoisotopic (exact) mass is 343 g/mol. The Morgan fingerprint density at radius 2 is 2.16 bits per heavy atom. The second-order valence-corrected chi connectivity index (χ2v) is 5.92. The number of hydrogen-bond acceptors (Lipinski definition) is 7. The standard InChI is InChI=1S/C16H17N5O4/c1-8(12-6-13(21-25-12)19-9(2)22)5-11(23)15-10-3-4-14(24)20-16(10)18-7-17-15/h6-8H,3-5H2,1-2H3,(H,19,21,22)(H,17,18,20,24)/t8-/m0/s1. The van der Waals surface area contributed by atoms with Crippen LogP contribution in [0, 0.1) is 0 Å². The first-order valence-corrected chi connectivity index (χ1v) is 7.85. The van der Waals surface area contributed by atoms with E-state index in [1.165, 1.54) is 13.3 Å². The topological polar surface area (TPSA) is 127 Å². The third kappa shape index (κ3) is 3.70. The van der Waals surface area contributed by atoms with E-state index >= 15 is 0 Å². The number of amides is 2. The first kappa shape index (κ1) is 16.7. The third-order valence-electron chi connectivity index (χ3n) is 3.88. The van der Waals surface area contributed by atoms with Crippen molar-refractivity contribution in [2.75, 3.05) is 10.6 Å². The Morgan fingerprint density at radius 1 is 1.36 bits per heavy atom. The second kappa shape index (κ2) is 6.80. The molecular weight excluding hydrogens is 326 g/mol. The van der Waals surface area contributed by atoms with Crippen LogP contribution in [0.15, 0.2) is 16.9 Å². The summed E-state index contributed by atoms with van der Waals surface area (Å²) in [7, 11) is 0. The fourth-order valence-corrected chi connectivity index (χ4v) is 2.67. The molecule has 1 aliphatic heterocycles. The minimum Gasteiger partial charge on any atom is -0.359 e. The van der Waals surface area contributed by atoms with E-state index in [1.807, 2.05) is 6.92 Å². The van der Waals surface area contributed by atoms with Crippen molar-refractivity contribution in [3.8, 4) is 0 Å². The molecule has 1 atom stereocenters. The Kier molecular flexibility index (Phi) is 4.55. The number of anilines is 2. The first-order chi connectivity index (χ1) is 11.9. The molecule has 0 bridgehead atoms. The lowest BCUT2D eigenvalue weighted by molar-refractivity contribution is -0.116. The summed E-state index contributed by atoms with van der Waals surface area (Å²) in [6.07, 6.45) is 2.17. The molecule has 0 saturated heterocycles. The lowest BCUT2D eigenvalue weighted by atomic mass is 9.96. The Balaban J connectivity index is 1.74. The van der Waals surface area contributed by atoms with Crippen LogP contribution in [0.2, 0.25) is 0 Å². The molecule has 0 aliphatic carbocycles. The van der Waals surface area contributed by atoms with Crippen molar-refractivity contribution in [2.45, 2.75) is 39.0 Å². The highest BCUT2D eigenvalue weighted by molar-refractivity contribution is 6.00. The Hall–Kier alpha value is -3.10. The summed E-state index contributed by atoms with van der Waals surface area (Å²) >= 11 is 0.